The standard InChI is InChI=1S/C11H21N3O/c1-10(15-4)11(2,9-12)14-7-5-13(3)6-8-14/h10H,5-8H2,1-4H3. The Hall–Kier alpha value is -0.630. The van der Waals surface area contributed by atoms with Crippen LogP contribution in [0.15, 0.2) is 0 Å². The molecule has 0 spiro atoms. The minimum atomic E-state index is -0.504. The lowest BCUT2D eigenvalue weighted by molar-refractivity contribution is -0.0217. The van der Waals surface area contributed by atoms with Gasteiger partial charge in [-0.1, -0.05) is 0 Å². The number of likely N-dealkylation sites (N-methyl/N-ethyl adjacent to an activating group) is 1. The Kier molecular flexibility index (Phi) is 4.09. The van der Waals surface area contributed by atoms with Gasteiger partial charge in [-0.05, 0) is 20.9 Å². The second-order valence-corrected chi connectivity index (χ2v) is 4.43. The van der Waals surface area contributed by atoms with Crippen LogP contribution in [0.5, 0.6) is 0 Å². The summed E-state index contributed by atoms with van der Waals surface area (Å²) in [6, 6.07) is 2.40. The third-order valence-corrected chi connectivity index (χ3v) is 3.53. The molecular formula is C11H21N3O. The number of rotatable bonds is 3. The molecule has 0 saturated carbocycles. The summed E-state index contributed by atoms with van der Waals surface area (Å²) in [6.45, 7) is 7.85. The molecule has 86 valence electrons. The van der Waals surface area contributed by atoms with Gasteiger partial charge in [0.25, 0.3) is 0 Å². The molecule has 1 rings (SSSR count). The van der Waals surface area contributed by atoms with Crippen molar-refractivity contribution in [2.24, 2.45) is 0 Å². The molecular weight excluding hydrogens is 190 g/mol. The van der Waals surface area contributed by atoms with E-state index in [0.29, 0.717) is 0 Å². The zero-order valence-electron chi connectivity index (χ0n) is 10.2. The molecule has 0 amide bonds. The summed E-state index contributed by atoms with van der Waals surface area (Å²) in [5.41, 5.74) is -0.504. The van der Waals surface area contributed by atoms with E-state index in [0.717, 1.165) is 26.2 Å². The summed E-state index contributed by atoms with van der Waals surface area (Å²) in [5, 5.41) is 9.32. The summed E-state index contributed by atoms with van der Waals surface area (Å²) < 4.78 is 5.31. The third-order valence-electron chi connectivity index (χ3n) is 3.53. The highest BCUT2D eigenvalue weighted by atomic mass is 16.5. The van der Waals surface area contributed by atoms with Crippen molar-refractivity contribution in [3.63, 3.8) is 0 Å². The van der Waals surface area contributed by atoms with E-state index in [1.165, 1.54) is 0 Å². The van der Waals surface area contributed by atoms with Gasteiger partial charge in [0.15, 0.2) is 0 Å². The molecule has 15 heavy (non-hydrogen) atoms. The number of methoxy groups -OCH3 is 1. The minimum absolute atomic E-state index is 0.0640. The van der Waals surface area contributed by atoms with Crippen LogP contribution in [0.25, 0.3) is 0 Å². The second kappa shape index (κ2) is 4.93. The van der Waals surface area contributed by atoms with Gasteiger partial charge in [0.2, 0.25) is 0 Å². The summed E-state index contributed by atoms with van der Waals surface area (Å²) in [4.78, 5) is 4.51. The smallest absolute Gasteiger partial charge is 0.132 e. The maximum atomic E-state index is 9.32. The summed E-state index contributed by atoms with van der Waals surface area (Å²) in [6.07, 6.45) is -0.0640. The van der Waals surface area contributed by atoms with E-state index in [1.54, 1.807) is 7.11 Å². The van der Waals surface area contributed by atoms with E-state index in [9.17, 15) is 5.26 Å². The van der Waals surface area contributed by atoms with Crippen LogP contribution in [-0.4, -0.2) is 61.8 Å². The molecule has 0 N–H and O–H groups in total. The Balaban J connectivity index is 2.70. The lowest BCUT2D eigenvalue weighted by atomic mass is 9.94. The highest BCUT2D eigenvalue weighted by Gasteiger charge is 2.39. The van der Waals surface area contributed by atoms with E-state index in [2.05, 4.69) is 22.9 Å². The average Bonchev–Trinajstić information content (AvgIpc) is 2.27. The number of nitriles is 1. The van der Waals surface area contributed by atoms with Crippen molar-refractivity contribution >= 4 is 0 Å². The van der Waals surface area contributed by atoms with Crippen LogP contribution in [0.4, 0.5) is 0 Å². The fraction of sp³-hybridized carbons (Fsp3) is 0.909. The maximum Gasteiger partial charge on any atom is 0.132 e. The first kappa shape index (κ1) is 12.4. The molecule has 0 aromatic carbocycles. The first-order valence-corrected chi connectivity index (χ1v) is 5.42. The fourth-order valence-electron chi connectivity index (χ4n) is 1.92. The summed E-state index contributed by atoms with van der Waals surface area (Å²) in [7, 11) is 3.77. The first-order valence-electron chi connectivity index (χ1n) is 5.42. The molecule has 0 aliphatic carbocycles. The molecule has 1 aliphatic rings. The molecule has 1 saturated heterocycles. The van der Waals surface area contributed by atoms with Gasteiger partial charge in [0, 0.05) is 33.3 Å². The number of hydrogen-bond acceptors (Lipinski definition) is 4. The van der Waals surface area contributed by atoms with Crippen LogP contribution >= 0.6 is 0 Å². The molecule has 0 aromatic rings. The third kappa shape index (κ3) is 2.49. The number of piperazine rings is 1. The highest BCUT2D eigenvalue weighted by molar-refractivity contribution is 5.10. The molecule has 4 heteroatoms. The molecule has 4 nitrogen and oxygen atoms in total. The number of ether oxygens (including phenoxy) is 1. The predicted molar refractivity (Wildman–Crippen MR) is 59.6 cm³/mol. The van der Waals surface area contributed by atoms with E-state index in [4.69, 9.17) is 4.74 Å². The van der Waals surface area contributed by atoms with Crippen molar-refractivity contribution in [2.75, 3.05) is 40.3 Å². The lowest BCUT2D eigenvalue weighted by Gasteiger charge is -2.43. The van der Waals surface area contributed by atoms with Crippen LogP contribution in [0.2, 0.25) is 0 Å². The van der Waals surface area contributed by atoms with Crippen molar-refractivity contribution in [3.05, 3.63) is 0 Å². The minimum Gasteiger partial charge on any atom is -0.379 e. The SMILES string of the molecule is COC(C)C(C)(C#N)N1CCN(C)CC1. The molecule has 0 aromatic heterocycles. The Morgan fingerprint density at radius 2 is 1.87 bits per heavy atom. The van der Waals surface area contributed by atoms with Gasteiger partial charge in [-0.15, -0.1) is 0 Å². The van der Waals surface area contributed by atoms with Crippen LogP contribution in [0.1, 0.15) is 13.8 Å². The maximum absolute atomic E-state index is 9.32. The largest absolute Gasteiger partial charge is 0.379 e. The number of hydrogen-bond donors (Lipinski definition) is 0. The Labute approximate surface area is 92.4 Å². The molecule has 2 unspecified atom stereocenters. The Bertz CT molecular complexity index is 243. The zero-order chi connectivity index (χ0) is 11.5. The Morgan fingerprint density at radius 3 is 2.27 bits per heavy atom. The summed E-state index contributed by atoms with van der Waals surface area (Å²) in [5.74, 6) is 0. The van der Waals surface area contributed by atoms with Crippen LogP contribution in [0, 0.1) is 11.3 Å². The molecule has 1 heterocycles. The van der Waals surface area contributed by atoms with Crippen molar-refractivity contribution in [1.29, 1.82) is 5.26 Å². The van der Waals surface area contributed by atoms with Crippen molar-refractivity contribution in [1.82, 2.24) is 9.80 Å². The van der Waals surface area contributed by atoms with Gasteiger partial charge in [0.05, 0.1) is 12.2 Å². The predicted octanol–water partition coefficient (Wildman–Crippen LogP) is 0.551. The topological polar surface area (TPSA) is 39.5 Å². The summed E-state index contributed by atoms with van der Waals surface area (Å²) >= 11 is 0. The first-order chi connectivity index (χ1) is 7.04. The molecule has 0 radical (unpaired) electrons. The molecule has 1 aliphatic heterocycles. The second-order valence-electron chi connectivity index (χ2n) is 4.43. The number of nitrogens with zero attached hydrogens (tertiary/aromatic N) is 3. The van der Waals surface area contributed by atoms with E-state index >= 15 is 0 Å². The van der Waals surface area contributed by atoms with Crippen LogP contribution in [-0.2, 0) is 4.74 Å². The molecule has 0 bridgehead atoms. The molecule has 2 atom stereocenters. The monoisotopic (exact) mass is 211 g/mol. The van der Waals surface area contributed by atoms with Crippen molar-refractivity contribution in [2.45, 2.75) is 25.5 Å². The zero-order valence-corrected chi connectivity index (χ0v) is 10.2. The van der Waals surface area contributed by atoms with Crippen LogP contribution < -0.4 is 0 Å². The lowest BCUT2D eigenvalue weighted by Crippen LogP contribution is -2.59. The quantitative estimate of drug-likeness (QED) is 0.683. The normalized spacial score (nSPS) is 25.5. The molecule has 1 fully saturated rings. The van der Waals surface area contributed by atoms with Crippen molar-refractivity contribution < 1.29 is 4.74 Å². The van der Waals surface area contributed by atoms with Gasteiger partial charge >= 0.3 is 0 Å². The highest BCUT2D eigenvalue weighted by Crippen LogP contribution is 2.22. The van der Waals surface area contributed by atoms with Crippen LogP contribution in [0.3, 0.4) is 0 Å². The van der Waals surface area contributed by atoms with Gasteiger partial charge in [-0.3, -0.25) is 4.90 Å². The van der Waals surface area contributed by atoms with E-state index < -0.39 is 5.54 Å². The van der Waals surface area contributed by atoms with Gasteiger partial charge in [-0.25, -0.2) is 0 Å². The average molecular weight is 211 g/mol. The van der Waals surface area contributed by atoms with Gasteiger partial charge in [-0.2, -0.15) is 5.26 Å². The van der Waals surface area contributed by atoms with Gasteiger partial charge in [0.1, 0.15) is 5.54 Å². The van der Waals surface area contributed by atoms with Crippen molar-refractivity contribution in [3.8, 4) is 6.07 Å². The Morgan fingerprint density at radius 1 is 1.33 bits per heavy atom. The van der Waals surface area contributed by atoms with E-state index in [1.807, 2.05) is 13.8 Å². The van der Waals surface area contributed by atoms with Gasteiger partial charge < -0.3 is 9.64 Å². The fourth-order valence-corrected chi connectivity index (χ4v) is 1.92. The van der Waals surface area contributed by atoms with E-state index in [-0.39, 0.29) is 6.10 Å².